The summed E-state index contributed by atoms with van der Waals surface area (Å²) in [6.45, 7) is 1.86. The van der Waals surface area contributed by atoms with Gasteiger partial charge in [-0.3, -0.25) is 4.79 Å². The van der Waals surface area contributed by atoms with Crippen LogP contribution in [0.4, 0.5) is 0 Å². The first-order valence-electron chi connectivity index (χ1n) is 4.64. The van der Waals surface area contributed by atoms with Crippen LogP contribution >= 0.6 is 15.9 Å². The molecule has 1 aliphatic carbocycles. The van der Waals surface area contributed by atoms with Crippen molar-refractivity contribution in [1.82, 2.24) is 5.32 Å². The molecule has 1 aliphatic rings. The molecule has 0 spiro atoms. The number of carbonyl (C=O) groups excluding carboxylic acids is 1. The number of carbonyl (C=O) groups is 1. The Morgan fingerprint density at radius 1 is 1.42 bits per heavy atom. The first-order valence-corrected chi connectivity index (χ1v) is 5.56. The van der Waals surface area contributed by atoms with Gasteiger partial charge in [-0.25, -0.2) is 0 Å². The van der Waals surface area contributed by atoms with Crippen molar-refractivity contribution in [3.63, 3.8) is 0 Å². The molecule has 12 heavy (non-hydrogen) atoms. The summed E-state index contributed by atoms with van der Waals surface area (Å²) >= 11 is 3.25. The molecular weight excluding hydrogens is 218 g/mol. The lowest BCUT2D eigenvalue weighted by Crippen LogP contribution is -2.39. The maximum atomic E-state index is 11.3. The summed E-state index contributed by atoms with van der Waals surface area (Å²) in [7, 11) is 0. The fourth-order valence-electron chi connectivity index (χ4n) is 1.56. The van der Waals surface area contributed by atoms with E-state index in [0.717, 1.165) is 12.8 Å². The fourth-order valence-corrected chi connectivity index (χ4v) is 1.70. The second-order valence-electron chi connectivity index (χ2n) is 3.46. The quantitative estimate of drug-likeness (QED) is 0.729. The highest BCUT2D eigenvalue weighted by Crippen LogP contribution is 2.17. The smallest absolute Gasteiger partial charge is 0.233 e. The maximum Gasteiger partial charge on any atom is 0.233 e. The van der Waals surface area contributed by atoms with Crippen LogP contribution in [0.5, 0.6) is 0 Å². The van der Waals surface area contributed by atoms with E-state index in [2.05, 4.69) is 21.2 Å². The molecule has 1 atom stereocenters. The SMILES string of the molecule is C[C@@H](Br)C(=O)NC1CCCCC1. The van der Waals surface area contributed by atoms with E-state index in [4.69, 9.17) is 0 Å². The molecule has 0 radical (unpaired) electrons. The van der Waals surface area contributed by atoms with Crippen molar-refractivity contribution in [2.75, 3.05) is 0 Å². The molecule has 0 bridgehead atoms. The summed E-state index contributed by atoms with van der Waals surface area (Å²) in [5.41, 5.74) is 0. The minimum Gasteiger partial charge on any atom is -0.352 e. The molecule has 70 valence electrons. The van der Waals surface area contributed by atoms with Gasteiger partial charge in [-0.2, -0.15) is 0 Å². The van der Waals surface area contributed by atoms with Gasteiger partial charge >= 0.3 is 0 Å². The predicted molar refractivity (Wildman–Crippen MR) is 53.4 cm³/mol. The Balaban J connectivity index is 2.24. The highest BCUT2D eigenvalue weighted by Gasteiger charge is 2.17. The maximum absolute atomic E-state index is 11.3. The van der Waals surface area contributed by atoms with Crippen LogP contribution in [0.25, 0.3) is 0 Å². The molecule has 0 aromatic heterocycles. The highest BCUT2D eigenvalue weighted by molar-refractivity contribution is 9.10. The third-order valence-electron chi connectivity index (χ3n) is 2.31. The van der Waals surface area contributed by atoms with Gasteiger partial charge in [0.05, 0.1) is 4.83 Å². The second-order valence-corrected chi connectivity index (χ2v) is 4.83. The van der Waals surface area contributed by atoms with Crippen molar-refractivity contribution < 1.29 is 4.79 Å². The van der Waals surface area contributed by atoms with Gasteiger partial charge in [0.25, 0.3) is 0 Å². The van der Waals surface area contributed by atoms with Crippen LogP contribution in [-0.2, 0) is 4.79 Å². The zero-order valence-electron chi connectivity index (χ0n) is 7.48. The molecule has 0 heterocycles. The van der Waals surface area contributed by atoms with E-state index in [1.54, 1.807) is 0 Å². The molecule has 1 fully saturated rings. The van der Waals surface area contributed by atoms with E-state index in [0.29, 0.717) is 6.04 Å². The van der Waals surface area contributed by atoms with E-state index >= 15 is 0 Å². The Morgan fingerprint density at radius 2 is 2.00 bits per heavy atom. The van der Waals surface area contributed by atoms with E-state index in [1.165, 1.54) is 19.3 Å². The minimum absolute atomic E-state index is 0.0561. The topological polar surface area (TPSA) is 29.1 Å². The van der Waals surface area contributed by atoms with E-state index < -0.39 is 0 Å². The molecular formula is C9H16BrNO. The number of hydrogen-bond donors (Lipinski definition) is 1. The lowest BCUT2D eigenvalue weighted by molar-refractivity contribution is -0.121. The predicted octanol–water partition coefficient (Wildman–Crippen LogP) is 2.22. The van der Waals surface area contributed by atoms with Gasteiger partial charge in [-0.1, -0.05) is 35.2 Å². The van der Waals surface area contributed by atoms with Crippen molar-refractivity contribution in [2.45, 2.75) is 49.9 Å². The number of halogens is 1. The van der Waals surface area contributed by atoms with Gasteiger partial charge in [0.15, 0.2) is 0 Å². The van der Waals surface area contributed by atoms with Gasteiger partial charge in [-0.15, -0.1) is 0 Å². The van der Waals surface area contributed by atoms with Crippen molar-refractivity contribution in [2.24, 2.45) is 0 Å². The summed E-state index contributed by atoms with van der Waals surface area (Å²) in [6.07, 6.45) is 6.18. The van der Waals surface area contributed by atoms with Crippen molar-refractivity contribution in [1.29, 1.82) is 0 Å². The number of hydrogen-bond acceptors (Lipinski definition) is 1. The van der Waals surface area contributed by atoms with Gasteiger partial charge < -0.3 is 5.32 Å². The number of amides is 1. The largest absolute Gasteiger partial charge is 0.352 e. The van der Waals surface area contributed by atoms with Crippen molar-refractivity contribution in [3.8, 4) is 0 Å². The molecule has 0 aliphatic heterocycles. The van der Waals surface area contributed by atoms with Gasteiger partial charge in [-0.05, 0) is 19.8 Å². The Morgan fingerprint density at radius 3 is 2.50 bits per heavy atom. The molecule has 0 aromatic rings. The summed E-state index contributed by atoms with van der Waals surface area (Å²) in [4.78, 5) is 11.2. The van der Waals surface area contributed by atoms with Gasteiger partial charge in [0.1, 0.15) is 0 Å². The number of alkyl halides is 1. The third kappa shape index (κ3) is 3.13. The number of rotatable bonds is 2. The first-order chi connectivity index (χ1) is 5.70. The monoisotopic (exact) mass is 233 g/mol. The van der Waals surface area contributed by atoms with Crippen molar-refractivity contribution in [3.05, 3.63) is 0 Å². The standard InChI is InChI=1S/C9H16BrNO/c1-7(10)9(12)11-8-5-3-2-4-6-8/h7-8H,2-6H2,1H3,(H,11,12)/t7-/m1/s1. The van der Waals surface area contributed by atoms with Crippen LogP contribution in [0, 0.1) is 0 Å². The van der Waals surface area contributed by atoms with Crippen LogP contribution < -0.4 is 5.32 Å². The Bertz CT molecular complexity index is 153. The lowest BCUT2D eigenvalue weighted by Gasteiger charge is -2.23. The summed E-state index contributed by atoms with van der Waals surface area (Å²) in [6, 6.07) is 0.436. The van der Waals surface area contributed by atoms with Crippen LogP contribution in [0.15, 0.2) is 0 Å². The average Bonchev–Trinajstić information content (AvgIpc) is 2.06. The molecule has 1 amide bonds. The van der Waals surface area contributed by atoms with Crippen LogP contribution in [-0.4, -0.2) is 16.8 Å². The zero-order valence-corrected chi connectivity index (χ0v) is 9.06. The molecule has 3 heteroatoms. The van der Waals surface area contributed by atoms with Crippen molar-refractivity contribution >= 4 is 21.8 Å². The normalized spacial score (nSPS) is 21.8. The van der Waals surface area contributed by atoms with Crippen LogP contribution in [0.1, 0.15) is 39.0 Å². The summed E-state index contributed by atoms with van der Waals surface area (Å²) in [5, 5.41) is 3.03. The molecule has 1 rings (SSSR count). The molecule has 1 saturated carbocycles. The minimum atomic E-state index is -0.0561. The van der Waals surface area contributed by atoms with E-state index in [-0.39, 0.29) is 10.7 Å². The second kappa shape index (κ2) is 4.85. The number of nitrogens with one attached hydrogen (secondary N) is 1. The third-order valence-corrected chi connectivity index (χ3v) is 2.73. The zero-order chi connectivity index (χ0) is 8.97. The Kier molecular flexibility index (Phi) is 4.06. The first kappa shape index (κ1) is 10.0. The molecule has 0 saturated heterocycles. The summed E-state index contributed by atoms with van der Waals surface area (Å²) < 4.78 is 0. The molecule has 1 N–H and O–H groups in total. The molecule has 0 unspecified atom stereocenters. The molecule has 0 aromatic carbocycles. The lowest BCUT2D eigenvalue weighted by atomic mass is 9.95. The average molecular weight is 234 g/mol. The molecule has 2 nitrogen and oxygen atoms in total. The van der Waals surface area contributed by atoms with Gasteiger partial charge in [0, 0.05) is 6.04 Å². The fraction of sp³-hybridized carbons (Fsp3) is 0.889. The van der Waals surface area contributed by atoms with E-state index in [9.17, 15) is 4.79 Å². The van der Waals surface area contributed by atoms with Gasteiger partial charge in [0.2, 0.25) is 5.91 Å². The van der Waals surface area contributed by atoms with E-state index in [1.807, 2.05) is 6.92 Å². The summed E-state index contributed by atoms with van der Waals surface area (Å²) in [5.74, 6) is 0.127. The Labute approximate surface area is 82.2 Å². The Hall–Kier alpha value is -0.0500. The van der Waals surface area contributed by atoms with Crippen LogP contribution in [0.2, 0.25) is 0 Å². The highest BCUT2D eigenvalue weighted by atomic mass is 79.9. The van der Waals surface area contributed by atoms with Crippen LogP contribution in [0.3, 0.4) is 0 Å².